The molecule has 0 aromatic carbocycles. The SMILES string of the molecule is CC(C)CC(C)(COc1ccc(-c2ccnc(Cl)n2)nc1C(F)F)NC(=O)O. The Morgan fingerprint density at radius 3 is 2.54 bits per heavy atom. The smallest absolute Gasteiger partial charge is 0.405 e. The highest BCUT2D eigenvalue weighted by atomic mass is 35.5. The third-order valence-corrected chi connectivity index (χ3v) is 3.98. The summed E-state index contributed by atoms with van der Waals surface area (Å²) < 4.78 is 32.6. The van der Waals surface area contributed by atoms with Crippen LogP contribution in [-0.4, -0.2) is 38.3 Å². The molecular formula is C18H21ClF2N4O3. The van der Waals surface area contributed by atoms with Crippen LogP contribution in [0.15, 0.2) is 24.4 Å². The van der Waals surface area contributed by atoms with Gasteiger partial charge < -0.3 is 15.2 Å². The molecule has 2 N–H and O–H groups in total. The Labute approximate surface area is 166 Å². The minimum absolute atomic E-state index is 0.0255. The van der Waals surface area contributed by atoms with E-state index in [2.05, 4.69) is 20.3 Å². The van der Waals surface area contributed by atoms with Crippen LogP contribution in [0.2, 0.25) is 5.28 Å². The summed E-state index contributed by atoms with van der Waals surface area (Å²) >= 11 is 5.73. The maximum atomic E-state index is 13.5. The Kier molecular flexibility index (Phi) is 7.06. The lowest BCUT2D eigenvalue weighted by molar-refractivity contribution is 0.124. The highest BCUT2D eigenvalue weighted by molar-refractivity contribution is 6.28. The molecule has 0 saturated heterocycles. The number of amides is 1. The lowest BCUT2D eigenvalue weighted by Gasteiger charge is -2.31. The number of alkyl halides is 2. The van der Waals surface area contributed by atoms with Crippen molar-refractivity contribution in [2.24, 2.45) is 5.92 Å². The van der Waals surface area contributed by atoms with Crippen LogP contribution in [0.25, 0.3) is 11.4 Å². The summed E-state index contributed by atoms with van der Waals surface area (Å²) in [6.07, 6.45) is -2.24. The van der Waals surface area contributed by atoms with Gasteiger partial charge in [0.25, 0.3) is 6.43 Å². The fourth-order valence-electron chi connectivity index (χ4n) is 2.90. The monoisotopic (exact) mass is 414 g/mol. The number of pyridine rings is 1. The average molecular weight is 415 g/mol. The first-order valence-electron chi connectivity index (χ1n) is 8.51. The zero-order valence-corrected chi connectivity index (χ0v) is 16.4. The molecule has 10 heteroatoms. The van der Waals surface area contributed by atoms with Gasteiger partial charge in [-0.05, 0) is 49.1 Å². The predicted octanol–water partition coefficient (Wildman–Crippen LogP) is 4.58. The first-order chi connectivity index (χ1) is 13.1. The molecule has 0 radical (unpaired) electrons. The first kappa shape index (κ1) is 21.7. The molecule has 1 unspecified atom stereocenters. The van der Waals surface area contributed by atoms with Gasteiger partial charge in [-0.3, -0.25) is 0 Å². The largest absolute Gasteiger partial charge is 0.489 e. The number of ether oxygens (including phenoxy) is 1. The minimum Gasteiger partial charge on any atom is -0.489 e. The molecule has 0 saturated carbocycles. The summed E-state index contributed by atoms with van der Waals surface area (Å²) in [7, 11) is 0. The van der Waals surface area contributed by atoms with E-state index in [1.807, 2.05) is 13.8 Å². The van der Waals surface area contributed by atoms with Gasteiger partial charge in [0, 0.05) is 6.20 Å². The van der Waals surface area contributed by atoms with E-state index in [9.17, 15) is 13.6 Å². The van der Waals surface area contributed by atoms with Gasteiger partial charge >= 0.3 is 6.09 Å². The highest BCUT2D eigenvalue weighted by Crippen LogP contribution is 2.31. The second-order valence-corrected chi connectivity index (χ2v) is 7.31. The maximum Gasteiger partial charge on any atom is 0.405 e. The molecule has 0 aliphatic carbocycles. The number of rotatable bonds is 8. The predicted molar refractivity (Wildman–Crippen MR) is 99.7 cm³/mol. The maximum absolute atomic E-state index is 13.5. The average Bonchev–Trinajstić information content (AvgIpc) is 2.58. The van der Waals surface area contributed by atoms with Crippen LogP contribution < -0.4 is 10.1 Å². The zero-order chi connectivity index (χ0) is 20.9. The van der Waals surface area contributed by atoms with Crippen LogP contribution in [0, 0.1) is 5.92 Å². The third-order valence-electron chi connectivity index (χ3n) is 3.79. The van der Waals surface area contributed by atoms with Crippen LogP contribution in [-0.2, 0) is 0 Å². The molecule has 2 aromatic heterocycles. The number of nitrogens with zero attached hydrogens (tertiary/aromatic N) is 3. The molecule has 0 fully saturated rings. The van der Waals surface area contributed by atoms with E-state index in [-0.39, 0.29) is 29.3 Å². The fourth-order valence-corrected chi connectivity index (χ4v) is 3.05. The molecule has 0 aliphatic heterocycles. The molecule has 0 aliphatic rings. The van der Waals surface area contributed by atoms with Crippen LogP contribution in [0.5, 0.6) is 5.75 Å². The highest BCUT2D eigenvalue weighted by Gasteiger charge is 2.29. The van der Waals surface area contributed by atoms with Crippen molar-refractivity contribution in [1.82, 2.24) is 20.3 Å². The standard InChI is InChI=1S/C18H21ClF2N4O3/c1-10(2)8-18(3,25-17(26)27)9-28-13-5-4-11(23-14(13)15(20)21)12-6-7-22-16(19)24-12/h4-7,10,15,25H,8-9H2,1-3H3,(H,26,27). The lowest BCUT2D eigenvalue weighted by Crippen LogP contribution is -2.50. The van der Waals surface area contributed by atoms with E-state index in [1.165, 1.54) is 24.4 Å². The van der Waals surface area contributed by atoms with Crippen molar-refractivity contribution in [1.29, 1.82) is 0 Å². The molecule has 2 heterocycles. The van der Waals surface area contributed by atoms with Gasteiger partial charge in [-0.25, -0.2) is 28.5 Å². The molecule has 1 atom stereocenters. The van der Waals surface area contributed by atoms with Crippen molar-refractivity contribution in [2.45, 2.75) is 39.2 Å². The van der Waals surface area contributed by atoms with Gasteiger partial charge in [0.1, 0.15) is 18.1 Å². The Morgan fingerprint density at radius 2 is 1.96 bits per heavy atom. The Bertz CT molecular complexity index is 838. The van der Waals surface area contributed by atoms with Gasteiger partial charge in [0.2, 0.25) is 5.28 Å². The van der Waals surface area contributed by atoms with Crippen molar-refractivity contribution in [3.8, 4) is 17.1 Å². The summed E-state index contributed by atoms with van der Waals surface area (Å²) in [6, 6.07) is 4.33. The number of halogens is 3. The number of carboxylic acid groups (broad SMARTS) is 1. The summed E-state index contributed by atoms with van der Waals surface area (Å²) in [5.41, 5.74) is -1.02. The Balaban J connectivity index is 2.28. The fraction of sp³-hybridized carbons (Fsp3) is 0.444. The second-order valence-electron chi connectivity index (χ2n) is 6.97. The summed E-state index contributed by atoms with van der Waals surface area (Å²) in [6.45, 7) is 5.39. The van der Waals surface area contributed by atoms with Crippen LogP contribution in [0.3, 0.4) is 0 Å². The second kappa shape index (κ2) is 9.09. The van der Waals surface area contributed by atoms with E-state index in [0.717, 1.165) is 0 Å². The van der Waals surface area contributed by atoms with E-state index in [1.54, 1.807) is 6.92 Å². The first-order valence-corrected chi connectivity index (χ1v) is 8.89. The van der Waals surface area contributed by atoms with Gasteiger partial charge in [0.05, 0.1) is 16.9 Å². The van der Waals surface area contributed by atoms with Crippen LogP contribution in [0.4, 0.5) is 13.6 Å². The van der Waals surface area contributed by atoms with Crippen molar-refractivity contribution in [3.05, 3.63) is 35.4 Å². The topological polar surface area (TPSA) is 97.2 Å². The molecule has 7 nitrogen and oxygen atoms in total. The number of hydrogen-bond acceptors (Lipinski definition) is 5. The molecule has 1 amide bonds. The van der Waals surface area contributed by atoms with Gasteiger partial charge in [-0.1, -0.05) is 13.8 Å². The summed E-state index contributed by atoms with van der Waals surface area (Å²) in [5, 5.41) is 11.4. The van der Waals surface area contributed by atoms with Crippen molar-refractivity contribution >= 4 is 17.7 Å². The number of nitrogens with one attached hydrogen (secondary N) is 1. The molecule has 2 aromatic rings. The van der Waals surface area contributed by atoms with Crippen molar-refractivity contribution in [3.63, 3.8) is 0 Å². The normalized spacial score (nSPS) is 13.4. The quantitative estimate of drug-likeness (QED) is 0.613. The lowest BCUT2D eigenvalue weighted by atomic mass is 9.91. The van der Waals surface area contributed by atoms with Gasteiger partial charge in [-0.15, -0.1) is 0 Å². The zero-order valence-electron chi connectivity index (χ0n) is 15.6. The third kappa shape index (κ3) is 5.98. The van der Waals surface area contributed by atoms with Gasteiger partial charge in [0.15, 0.2) is 0 Å². The number of hydrogen-bond donors (Lipinski definition) is 2. The Morgan fingerprint density at radius 1 is 1.29 bits per heavy atom. The molecule has 2 rings (SSSR count). The number of carbonyl (C=O) groups is 1. The molecule has 28 heavy (non-hydrogen) atoms. The molecular weight excluding hydrogens is 394 g/mol. The van der Waals surface area contributed by atoms with Crippen LogP contribution in [0.1, 0.15) is 39.3 Å². The summed E-state index contributed by atoms with van der Waals surface area (Å²) in [4.78, 5) is 22.7. The molecule has 0 spiro atoms. The van der Waals surface area contributed by atoms with Gasteiger partial charge in [-0.2, -0.15) is 0 Å². The van der Waals surface area contributed by atoms with Crippen molar-refractivity contribution in [2.75, 3.05) is 6.61 Å². The Hall–Kier alpha value is -2.55. The van der Waals surface area contributed by atoms with E-state index in [4.69, 9.17) is 21.4 Å². The van der Waals surface area contributed by atoms with E-state index < -0.39 is 23.8 Å². The minimum atomic E-state index is -2.89. The van der Waals surface area contributed by atoms with Crippen LogP contribution >= 0.6 is 11.6 Å². The van der Waals surface area contributed by atoms with E-state index in [0.29, 0.717) is 12.1 Å². The summed E-state index contributed by atoms with van der Waals surface area (Å²) in [5.74, 6) is 0.0408. The molecule has 0 bridgehead atoms. The number of aromatic nitrogens is 3. The molecule has 152 valence electrons. The van der Waals surface area contributed by atoms with E-state index >= 15 is 0 Å². The van der Waals surface area contributed by atoms with Crippen molar-refractivity contribution < 1.29 is 23.4 Å².